The number of carbonyl (C=O) groups is 3. The minimum Gasteiger partial charge on any atom is -0.481 e. The summed E-state index contributed by atoms with van der Waals surface area (Å²) in [6, 6.07) is 10.0. The van der Waals surface area contributed by atoms with Crippen molar-refractivity contribution in [2.75, 3.05) is 5.32 Å². The van der Waals surface area contributed by atoms with Crippen molar-refractivity contribution in [3.8, 4) is 0 Å². The van der Waals surface area contributed by atoms with Gasteiger partial charge in [0.05, 0.1) is 5.56 Å². The number of carboxylic acids is 2. The minimum atomic E-state index is -4.48. The number of carbonyl (C=O) groups excluding carboxylic acids is 1. The Bertz CT molecular complexity index is 882. The van der Waals surface area contributed by atoms with Crippen LogP contribution in [0.3, 0.4) is 0 Å². The van der Waals surface area contributed by atoms with Gasteiger partial charge in [0.1, 0.15) is 6.61 Å². The average molecular weight is 411 g/mol. The van der Waals surface area contributed by atoms with Crippen LogP contribution in [0.25, 0.3) is 0 Å². The summed E-state index contributed by atoms with van der Waals surface area (Å²) in [6.07, 6.45) is -5.62. The van der Waals surface area contributed by atoms with E-state index < -0.39 is 35.7 Å². The lowest BCUT2D eigenvalue weighted by molar-refractivity contribution is -0.154. The molecule has 2 aromatic carbocycles. The lowest BCUT2D eigenvalue weighted by atomic mass is 9.98. The van der Waals surface area contributed by atoms with Crippen LogP contribution in [0.1, 0.15) is 16.7 Å². The van der Waals surface area contributed by atoms with E-state index in [2.05, 4.69) is 5.32 Å². The highest BCUT2D eigenvalue weighted by atomic mass is 19.4. The molecule has 0 fully saturated rings. The fourth-order valence-corrected chi connectivity index (χ4v) is 2.41. The summed E-state index contributed by atoms with van der Waals surface area (Å²) < 4.78 is 42.5. The van der Waals surface area contributed by atoms with Crippen LogP contribution in [-0.2, 0) is 33.5 Å². The number of rotatable bonds is 7. The maximum Gasteiger partial charge on any atom is 0.416 e. The van der Waals surface area contributed by atoms with Gasteiger partial charge >= 0.3 is 24.2 Å². The van der Waals surface area contributed by atoms with Gasteiger partial charge in [-0.2, -0.15) is 13.2 Å². The van der Waals surface area contributed by atoms with E-state index in [1.807, 2.05) is 0 Å². The molecule has 10 heteroatoms. The van der Waals surface area contributed by atoms with Crippen LogP contribution in [0.2, 0.25) is 0 Å². The number of amides is 1. The van der Waals surface area contributed by atoms with Gasteiger partial charge in [-0.05, 0) is 41.8 Å². The first kappa shape index (κ1) is 21.7. The zero-order chi connectivity index (χ0) is 21.6. The quantitative estimate of drug-likeness (QED) is 0.598. The molecule has 7 nitrogen and oxygen atoms in total. The Balaban J connectivity index is 1.93. The van der Waals surface area contributed by atoms with Gasteiger partial charge in [0.15, 0.2) is 5.92 Å². The molecule has 0 bridgehead atoms. The van der Waals surface area contributed by atoms with Gasteiger partial charge < -0.3 is 14.9 Å². The lowest BCUT2D eigenvalue weighted by Crippen LogP contribution is -2.25. The average Bonchev–Trinajstić information content (AvgIpc) is 2.64. The molecule has 2 aromatic rings. The molecule has 0 heterocycles. The molecule has 0 aliphatic rings. The largest absolute Gasteiger partial charge is 0.481 e. The number of alkyl halides is 3. The minimum absolute atomic E-state index is 0.113. The normalized spacial score (nSPS) is 11.2. The van der Waals surface area contributed by atoms with Crippen LogP contribution in [0, 0.1) is 5.92 Å². The Labute approximate surface area is 162 Å². The van der Waals surface area contributed by atoms with E-state index in [0.717, 1.165) is 24.3 Å². The summed E-state index contributed by atoms with van der Waals surface area (Å²) in [5, 5.41) is 20.1. The summed E-state index contributed by atoms with van der Waals surface area (Å²) in [5.74, 6) is -4.53. The van der Waals surface area contributed by atoms with E-state index in [0.29, 0.717) is 11.1 Å². The van der Waals surface area contributed by atoms with Crippen molar-refractivity contribution in [1.29, 1.82) is 0 Å². The maximum absolute atomic E-state index is 12.5. The molecule has 1 amide bonds. The summed E-state index contributed by atoms with van der Waals surface area (Å²) in [5.41, 5.74) is 0.181. The van der Waals surface area contributed by atoms with E-state index in [1.165, 1.54) is 6.07 Å². The molecule has 0 aliphatic heterocycles. The third-order valence-electron chi connectivity index (χ3n) is 3.86. The second kappa shape index (κ2) is 9.09. The van der Waals surface area contributed by atoms with Crippen molar-refractivity contribution in [2.24, 2.45) is 5.92 Å². The predicted octanol–water partition coefficient (Wildman–Crippen LogP) is 3.78. The zero-order valence-corrected chi connectivity index (χ0v) is 14.8. The van der Waals surface area contributed by atoms with Gasteiger partial charge in [0.2, 0.25) is 0 Å². The van der Waals surface area contributed by atoms with Crippen LogP contribution in [-0.4, -0.2) is 28.2 Å². The van der Waals surface area contributed by atoms with Crippen LogP contribution < -0.4 is 5.32 Å². The number of ether oxygens (including phenoxy) is 1. The molecule has 0 unspecified atom stereocenters. The van der Waals surface area contributed by atoms with Gasteiger partial charge in [-0.3, -0.25) is 14.9 Å². The molecule has 0 spiro atoms. The number of hydrogen-bond acceptors (Lipinski definition) is 4. The highest BCUT2D eigenvalue weighted by molar-refractivity contribution is 5.93. The Kier molecular flexibility index (Phi) is 6.81. The van der Waals surface area contributed by atoms with Gasteiger partial charge in [-0.15, -0.1) is 0 Å². The molecule has 0 saturated carbocycles. The highest BCUT2D eigenvalue weighted by Gasteiger charge is 2.30. The van der Waals surface area contributed by atoms with Gasteiger partial charge in [-0.25, -0.2) is 4.79 Å². The second-order valence-electron chi connectivity index (χ2n) is 6.03. The molecule has 29 heavy (non-hydrogen) atoms. The van der Waals surface area contributed by atoms with Crippen LogP contribution >= 0.6 is 0 Å². The topological polar surface area (TPSA) is 113 Å². The maximum atomic E-state index is 12.5. The Morgan fingerprint density at radius 2 is 1.55 bits per heavy atom. The SMILES string of the molecule is O=C(Nc1ccc(C(F)(F)F)cc1)OCc1cccc(CC(C(=O)O)C(=O)O)c1. The van der Waals surface area contributed by atoms with Crippen LogP contribution in [0.15, 0.2) is 48.5 Å². The van der Waals surface area contributed by atoms with Crippen molar-refractivity contribution in [1.82, 2.24) is 0 Å². The number of hydrogen-bond donors (Lipinski definition) is 3. The van der Waals surface area contributed by atoms with E-state index in [9.17, 15) is 27.6 Å². The first-order valence-corrected chi connectivity index (χ1v) is 8.20. The number of nitrogens with one attached hydrogen (secondary N) is 1. The molecule has 0 saturated heterocycles. The molecular weight excluding hydrogens is 395 g/mol. The highest BCUT2D eigenvalue weighted by Crippen LogP contribution is 2.29. The van der Waals surface area contributed by atoms with E-state index >= 15 is 0 Å². The van der Waals surface area contributed by atoms with Gasteiger partial charge in [-0.1, -0.05) is 24.3 Å². The third kappa shape index (κ3) is 6.52. The van der Waals surface area contributed by atoms with Crippen LogP contribution in [0.5, 0.6) is 0 Å². The summed E-state index contributed by atoms with van der Waals surface area (Å²) in [4.78, 5) is 33.7. The molecule has 2 rings (SSSR count). The van der Waals surface area contributed by atoms with Crippen molar-refractivity contribution in [3.05, 3.63) is 65.2 Å². The van der Waals surface area contributed by atoms with Crippen molar-refractivity contribution in [3.63, 3.8) is 0 Å². The Morgan fingerprint density at radius 3 is 2.10 bits per heavy atom. The third-order valence-corrected chi connectivity index (χ3v) is 3.86. The molecule has 154 valence electrons. The monoisotopic (exact) mass is 411 g/mol. The van der Waals surface area contributed by atoms with E-state index in [4.69, 9.17) is 14.9 Å². The van der Waals surface area contributed by atoms with Crippen molar-refractivity contribution >= 4 is 23.7 Å². The van der Waals surface area contributed by atoms with E-state index in [-0.39, 0.29) is 18.7 Å². The first-order valence-electron chi connectivity index (χ1n) is 8.20. The smallest absolute Gasteiger partial charge is 0.416 e. The van der Waals surface area contributed by atoms with Crippen molar-refractivity contribution < 1.29 is 42.5 Å². The first-order chi connectivity index (χ1) is 13.6. The molecule has 3 N–H and O–H groups in total. The number of carboxylic acid groups (broad SMARTS) is 2. The lowest BCUT2D eigenvalue weighted by Gasteiger charge is -2.11. The standard InChI is InChI=1S/C19H16F3NO6/c20-19(21,22)13-4-6-14(7-5-13)23-18(28)29-10-12-3-1-2-11(8-12)9-15(16(24)25)17(26)27/h1-8,15H,9-10H2,(H,23,28)(H,24,25)(H,26,27). The molecule has 0 atom stereocenters. The molecule has 0 aromatic heterocycles. The number of aliphatic carboxylic acids is 2. The second-order valence-corrected chi connectivity index (χ2v) is 6.03. The number of benzene rings is 2. The number of anilines is 1. The summed E-state index contributed by atoms with van der Waals surface area (Å²) in [6.45, 7) is -0.203. The Hall–Kier alpha value is -3.56. The Morgan fingerprint density at radius 1 is 0.966 bits per heavy atom. The summed E-state index contributed by atoms with van der Waals surface area (Å²) in [7, 11) is 0. The molecule has 0 radical (unpaired) electrons. The molecular formula is C19H16F3NO6. The zero-order valence-electron chi connectivity index (χ0n) is 14.8. The fourth-order valence-electron chi connectivity index (χ4n) is 2.41. The van der Waals surface area contributed by atoms with Gasteiger partial charge in [0.25, 0.3) is 0 Å². The van der Waals surface area contributed by atoms with Crippen molar-refractivity contribution in [2.45, 2.75) is 19.2 Å². The van der Waals surface area contributed by atoms with Crippen LogP contribution in [0.4, 0.5) is 23.7 Å². The summed E-state index contributed by atoms with van der Waals surface area (Å²) >= 11 is 0. The molecule has 0 aliphatic carbocycles. The predicted molar refractivity (Wildman–Crippen MR) is 94.2 cm³/mol. The van der Waals surface area contributed by atoms with E-state index in [1.54, 1.807) is 18.2 Å². The van der Waals surface area contributed by atoms with Gasteiger partial charge in [0, 0.05) is 5.69 Å². The fraction of sp³-hybridized carbons (Fsp3) is 0.211. The number of halogens is 3.